The molecule has 0 unspecified atom stereocenters. The van der Waals surface area contributed by atoms with Crippen molar-refractivity contribution < 1.29 is 4.74 Å². The van der Waals surface area contributed by atoms with E-state index < -0.39 is 0 Å². The Kier molecular flexibility index (Phi) is 7.70. The maximum atomic E-state index is 5.64. The summed E-state index contributed by atoms with van der Waals surface area (Å²) in [4.78, 5) is 0. The standard InChI is InChI=1S/C16H27NO/c1-4-5-6-11-18-13-16-9-7-15(8-10-16)12-17-14(2)3/h7-10,14,17H,4-6,11-13H2,1-3H3. The van der Waals surface area contributed by atoms with Crippen LogP contribution in [0.25, 0.3) is 0 Å². The lowest BCUT2D eigenvalue weighted by Gasteiger charge is -2.09. The zero-order chi connectivity index (χ0) is 13.2. The predicted molar refractivity (Wildman–Crippen MR) is 77.6 cm³/mol. The molecule has 102 valence electrons. The average molecular weight is 249 g/mol. The number of ether oxygens (including phenoxy) is 1. The van der Waals surface area contributed by atoms with Gasteiger partial charge in [-0.05, 0) is 17.5 Å². The largest absolute Gasteiger partial charge is 0.377 e. The monoisotopic (exact) mass is 249 g/mol. The Morgan fingerprint density at radius 3 is 2.33 bits per heavy atom. The van der Waals surface area contributed by atoms with E-state index in [0.717, 1.165) is 19.8 Å². The molecule has 0 heterocycles. The summed E-state index contributed by atoms with van der Waals surface area (Å²) < 4.78 is 5.64. The van der Waals surface area contributed by atoms with Gasteiger partial charge in [-0.15, -0.1) is 0 Å². The van der Waals surface area contributed by atoms with Gasteiger partial charge in [-0.3, -0.25) is 0 Å². The van der Waals surface area contributed by atoms with Crippen molar-refractivity contribution in [1.82, 2.24) is 5.32 Å². The van der Waals surface area contributed by atoms with Crippen LogP contribution in [0.5, 0.6) is 0 Å². The fourth-order valence-corrected chi connectivity index (χ4v) is 1.72. The van der Waals surface area contributed by atoms with Gasteiger partial charge in [-0.2, -0.15) is 0 Å². The molecule has 2 nitrogen and oxygen atoms in total. The lowest BCUT2D eigenvalue weighted by molar-refractivity contribution is 0.117. The third kappa shape index (κ3) is 6.77. The SMILES string of the molecule is CCCCCOCc1ccc(CNC(C)C)cc1. The smallest absolute Gasteiger partial charge is 0.0716 e. The molecule has 0 amide bonds. The number of benzene rings is 1. The first-order chi connectivity index (χ1) is 8.72. The number of unbranched alkanes of at least 4 members (excludes halogenated alkanes) is 2. The third-order valence-electron chi connectivity index (χ3n) is 2.90. The van der Waals surface area contributed by atoms with E-state index >= 15 is 0 Å². The van der Waals surface area contributed by atoms with E-state index in [1.807, 2.05) is 0 Å². The Bertz CT molecular complexity index is 305. The molecule has 0 saturated carbocycles. The summed E-state index contributed by atoms with van der Waals surface area (Å²) in [6.45, 7) is 9.10. The van der Waals surface area contributed by atoms with Crippen LogP contribution in [0.4, 0.5) is 0 Å². The maximum absolute atomic E-state index is 5.64. The van der Waals surface area contributed by atoms with E-state index in [1.165, 1.54) is 30.4 Å². The van der Waals surface area contributed by atoms with Gasteiger partial charge < -0.3 is 10.1 Å². The number of nitrogens with one attached hydrogen (secondary N) is 1. The van der Waals surface area contributed by atoms with Crippen LogP contribution in [0.3, 0.4) is 0 Å². The first-order valence-corrected chi connectivity index (χ1v) is 7.11. The van der Waals surface area contributed by atoms with Crippen molar-refractivity contribution in [3.63, 3.8) is 0 Å². The quantitative estimate of drug-likeness (QED) is 0.670. The molecule has 0 aliphatic rings. The van der Waals surface area contributed by atoms with Gasteiger partial charge in [-0.1, -0.05) is 57.9 Å². The topological polar surface area (TPSA) is 21.3 Å². The minimum atomic E-state index is 0.534. The van der Waals surface area contributed by atoms with E-state index in [2.05, 4.69) is 50.4 Å². The van der Waals surface area contributed by atoms with Gasteiger partial charge in [-0.25, -0.2) is 0 Å². The molecule has 0 aliphatic carbocycles. The summed E-state index contributed by atoms with van der Waals surface area (Å²) in [6, 6.07) is 9.22. The fourth-order valence-electron chi connectivity index (χ4n) is 1.72. The summed E-state index contributed by atoms with van der Waals surface area (Å²) in [7, 11) is 0. The van der Waals surface area contributed by atoms with Gasteiger partial charge in [0.2, 0.25) is 0 Å². The first-order valence-electron chi connectivity index (χ1n) is 7.11. The lowest BCUT2D eigenvalue weighted by atomic mass is 10.1. The second-order valence-electron chi connectivity index (χ2n) is 5.11. The second kappa shape index (κ2) is 9.12. The van der Waals surface area contributed by atoms with E-state index in [9.17, 15) is 0 Å². The van der Waals surface area contributed by atoms with E-state index in [0.29, 0.717) is 6.04 Å². The van der Waals surface area contributed by atoms with Crippen LogP contribution in [0, 0.1) is 0 Å². The summed E-state index contributed by atoms with van der Waals surface area (Å²) in [5, 5.41) is 3.42. The lowest BCUT2D eigenvalue weighted by Crippen LogP contribution is -2.21. The van der Waals surface area contributed by atoms with Crippen LogP contribution >= 0.6 is 0 Å². The molecule has 18 heavy (non-hydrogen) atoms. The number of rotatable bonds is 9. The molecule has 0 saturated heterocycles. The molecule has 1 N–H and O–H groups in total. The van der Waals surface area contributed by atoms with Crippen molar-refractivity contribution >= 4 is 0 Å². The van der Waals surface area contributed by atoms with Crippen molar-refractivity contribution in [1.29, 1.82) is 0 Å². The Morgan fingerprint density at radius 2 is 1.72 bits per heavy atom. The normalized spacial score (nSPS) is 11.1. The van der Waals surface area contributed by atoms with Crippen molar-refractivity contribution in [2.24, 2.45) is 0 Å². The molecule has 1 aromatic rings. The van der Waals surface area contributed by atoms with Crippen LogP contribution in [0.15, 0.2) is 24.3 Å². The molecule has 0 spiro atoms. The van der Waals surface area contributed by atoms with Gasteiger partial charge in [0, 0.05) is 19.2 Å². The Morgan fingerprint density at radius 1 is 1.06 bits per heavy atom. The summed E-state index contributed by atoms with van der Waals surface area (Å²) >= 11 is 0. The van der Waals surface area contributed by atoms with Crippen LogP contribution in [-0.4, -0.2) is 12.6 Å². The molecule has 0 aromatic heterocycles. The molecular weight excluding hydrogens is 222 g/mol. The summed E-state index contributed by atoms with van der Waals surface area (Å²) in [6.07, 6.45) is 3.69. The molecule has 0 aliphatic heterocycles. The van der Waals surface area contributed by atoms with Gasteiger partial charge in [0.1, 0.15) is 0 Å². The van der Waals surface area contributed by atoms with E-state index in [-0.39, 0.29) is 0 Å². The molecule has 0 bridgehead atoms. The molecule has 0 fully saturated rings. The second-order valence-corrected chi connectivity index (χ2v) is 5.11. The fraction of sp³-hybridized carbons (Fsp3) is 0.625. The van der Waals surface area contributed by atoms with Gasteiger partial charge in [0.15, 0.2) is 0 Å². The van der Waals surface area contributed by atoms with Crippen molar-refractivity contribution in [3.05, 3.63) is 35.4 Å². The molecule has 1 aromatic carbocycles. The van der Waals surface area contributed by atoms with Crippen molar-refractivity contribution in [3.8, 4) is 0 Å². The molecular formula is C16H27NO. The van der Waals surface area contributed by atoms with Crippen molar-refractivity contribution in [2.45, 2.75) is 59.2 Å². The molecule has 0 atom stereocenters. The highest BCUT2D eigenvalue weighted by molar-refractivity contribution is 5.21. The van der Waals surface area contributed by atoms with Crippen LogP contribution in [-0.2, 0) is 17.9 Å². The average Bonchev–Trinajstić information content (AvgIpc) is 2.37. The highest BCUT2D eigenvalue weighted by Gasteiger charge is 1.97. The zero-order valence-electron chi connectivity index (χ0n) is 12.0. The van der Waals surface area contributed by atoms with E-state index in [1.54, 1.807) is 0 Å². The van der Waals surface area contributed by atoms with Crippen LogP contribution in [0.1, 0.15) is 51.2 Å². The maximum Gasteiger partial charge on any atom is 0.0716 e. The molecule has 1 rings (SSSR count). The molecule has 0 radical (unpaired) electrons. The highest BCUT2D eigenvalue weighted by atomic mass is 16.5. The Hall–Kier alpha value is -0.860. The van der Waals surface area contributed by atoms with Crippen molar-refractivity contribution in [2.75, 3.05) is 6.61 Å². The van der Waals surface area contributed by atoms with Crippen LogP contribution < -0.4 is 5.32 Å². The van der Waals surface area contributed by atoms with Gasteiger partial charge in [0.25, 0.3) is 0 Å². The first kappa shape index (κ1) is 15.2. The van der Waals surface area contributed by atoms with E-state index in [4.69, 9.17) is 4.74 Å². The Labute approximate surface area is 112 Å². The number of hydrogen-bond acceptors (Lipinski definition) is 2. The number of hydrogen-bond donors (Lipinski definition) is 1. The molecule has 2 heteroatoms. The third-order valence-corrected chi connectivity index (χ3v) is 2.90. The summed E-state index contributed by atoms with van der Waals surface area (Å²) in [5.74, 6) is 0. The summed E-state index contributed by atoms with van der Waals surface area (Å²) in [5.41, 5.74) is 2.60. The van der Waals surface area contributed by atoms with Gasteiger partial charge >= 0.3 is 0 Å². The van der Waals surface area contributed by atoms with Gasteiger partial charge in [0.05, 0.1) is 6.61 Å². The minimum absolute atomic E-state index is 0.534. The minimum Gasteiger partial charge on any atom is -0.377 e. The highest BCUT2D eigenvalue weighted by Crippen LogP contribution is 2.06. The predicted octanol–water partition coefficient (Wildman–Crippen LogP) is 3.89. The zero-order valence-corrected chi connectivity index (χ0v) is 12.0. The van der Waals surface area contributed by atoms with Crippen LogP contribution in [0.2, 0.25) is 0 Å². The Balaban J connectivity index is 2.23.